The van der Waals surface area contributed by atoms with E-state index in [2.05, 4.69) is 62.8 Å². The fourth-order valence-electron chi connectivity index (χ4n) is 1.86. The third-order valence-corrected chi connectivity index (χ3v) is 3.90. The topological polar surface area (TPSA) is 17.8 Å². The number of aromatic nitrogens is 2. The molecule has 1 aromatic carbocycles. The Labute approximate surface area is 109 Å². The van der Waals surface area contributed by atoms with E-state index in [1.807, 2.05) is 6.20 Å². The number of rotatable bonds is 3. The first-order valence-electron chi connectivity index (χ1n) is 5.60. The molecule has 1 heterocycles. The van der Waals surface area contributed by atoms with Crippen LogP contribution in [0.4, 0.5) is 0 Å². The van der Waals surface area contributed by atoms with Gasteiger partial charge in [-0.1, -0.05) is 18.2 Å². The first-order valence-corrected chi connectivity index (χ1v) is 6.68. The van der Waals surface area contributed by atoms with E-state index in [0.29, 0.717) is 0 Å². The lowest BCUT2D eigenvalue weighted by molar-refractivity contribution is 0.563. The lowest BCUT2D eigenvalue weighted by Gasteiger charge is -2.00. The number of hydrogen-bond acceptors (Lipinski definition) is 1. The maximum absolute atomic E-state index is 4.43. The molecule has 82 valence electrons. The molecule has 0 saturated heterocycles. The maximum atomic E-state index is 4.43. The van der Waals surface area contributed by atoms with Crippen LogP contribution in [0.5, 0.6) is 0 Å². The summed E-state index contributed by atoms with van der Waals surface area (Å²) in [4.78, 5) is 0. The standard InChI is InChI=1S/C13H13IN2/c14-13-4-2-1-3-12(13)11-7-15-16(9-11)8-10-5-6-10/h1-4,7,9-10H,5-6,8H2. The van der Waals surface area contributed by atoms with Gasteiger partial charge < -0.3 is 0 Å². The summed E-state index contributed by atoms with van der Waals surface area (Å²) >= 11 is 2.37. The molecule has 2 aromatic rings. The molecule has 3 rings (SSSR count). The van der Waals surface area contributed by atoms with Crippen molar-refractivity contribution in [2.24, 2.45) is 5.92 Å². The Morgan fingerprint density at radius 2 is 2.12 bits per heavy atom. The van der Waals surface area contributed by atoms with Crippen LogP contribution in [0.3, 0.4) is 0 Å². The normalized spacial score (nSPS) is 15.3. The molecule has 0 amide bonds. The highest BCUT2D eigenvalue weighted by molar-refractivity contribution is 14.1. The molecule has 1 aliphatic carbocycles. The molecular weight excluding hydrogens is 311 g/mol. The van der Waals surface area contributed by atoms with Crippen molar-refractivity contribution in [3.8, 4) is 11.1 Å². The van der Waals surface area contributed by atoms with Crippen LogP contribution >= 0.6 is 22.6 Å². The summed E-state index contributed by atoms with van der Waals surface area (Å²) in [5, 5.41) is 4.43. The number of halogens is 1. The first-order chi connectivity index (χ1) is 7.83. The largest absolute Gasteiger partial charge is 0.272 e. The van der Waals surface area contributed by atoms with Gasteiger partial charge in [-0.3, -0.25) is 4.68 Å². The highest BCUT2D eigenvalue weighted by Gasteiger charge is 2.22. The van der Waals surface area contributed by atoms with E-state index in [0.717, 1.165) is 12.5 Å². The summed E-state index contributed by atoms with van der Waals surface area (Å²) in [6.07, 6.45) is 6.88. The Morgan fingerprint density at radius 1 is 1.31 bits per heavy atom. The van der Waals surface area contributed by atoms with Crippen molar-refractivity contribution in [2.75, 3.05) is 0 Å². The second-order valence-electron chi connectivity index (χ2n) is 4.37. The van der Waals surface area contributed by atoms with Crippen LogP contribution in [0.25, 0.3) is 11.1 Å². The minimum atomic E-state index is 0.877. The predicted octanol–water partition coefficient (Wildman–Crippen LogP) is 3.56. The Morgan fingerprint density at radius 3 is 2.88 bits per heavy atom. The summed E-state index contributed by atoms with van der Waals surface area (Å²) < 4.78 is 3.36. The van der Waals surface area contributed by atoms with Gasteiger partial charge in [0.25, 0.3) is 0 Å². The van der Waals surface area contributed by atoms with Crippen LogP contribution in [0.15, 0.2) is 36.7 Å². The lowest BCUT2D eigenvalue weighted by Crippen LogP contribution is -1.98. The SMILES string of the molecule is Ic1ccccc1-c1cnn(CC2CC2)c1. The lowest BCUT2D eigenvalue weighted by atomic mass is 10.1. The third kappa shape index (κ3) is 2.14. The molecular formula is C13H13IN2. The molecule has 0 radical (unpaired) electrons. The summed E-state index contributed by atoms with van der Waals surface area (Å²) in [6.45, 7) is 1.09. The summed E-state index contributed by atoms with van der Waals surface area (Å²) in [6, 6.07) is 8.43. The molecule has 0 atom stereocenters. The fourth-order valence-corrected chi connectivity index (χ4v) is 2.56. The van der Waals surface area contributed by atoms with Crippen molar-refractivity contribution in [2.45, 2.75) is 19.4 Å². The number of hydrogen-bond donors (Lipinski definition) is 0. The molecule has 1 saturated carbocycles. The summed E-state index contributed by atoms with van der Waals surface area (Å²) in [5.74, 6) is 0.877. The van der Waals surface area contributed by atoms with Gasteiger partial charge in [0.05, 0.1) is 6.20 Å². The van der Waals surface area contributed by atoms with E-state index in [4.69, 9.17) is 0 Å². The van der Waals surface area contributed by atoms with Gasteiger partial charge in [-0.2, -0.15) is 5.10 Å². The van der Waals surface area contributed by atoms with Gasteiger partial charge in [-0.15, -0.1) is 0 Å². The zero-order valence-electron chi connectivity index (χ0n) is 8.94. The van der Waals surface area contributed by atoms with E-state index in [1.165, 1.54) is 27.5 Å². The number of benzene rings is 1. The van der Waals surface area contributed by atoms with E-state index < -0.39 is 0 Å². The minimum absolute atomic E-state index is 0.877. The minimum Gasteiger partial charge on any atom is -0.272 e. The summed E-state index contributed by atoms with van der Waals surface area (Å²) in [5.41, 5.74) is 2.51. The maximum Gasteiger partial charge on any atom is 0.0568 e. The number of nitrogens with zero attached hydrogens (tertiary/aromatic N) is 2. The van der Waals surface area contributed by atoms with Gasteiger partial charge in [-0.25, -0.2) is 0 Å². The first kappa shape index (κ1) is 10.3. The van der Waals surface area contributed by atoms with Crippen molar-refractivity contribution in [1.82, 2.24) is 9.78 Å². The zero-order chi connectivity index (χ0) is 11.0. The predicted molar refractivity (Wildman–Crippen MR) is 73.1 cm³/mol. The molecule has 1 aromatic heterocycles. The second-order valence-corrected chi connectivity index (χ2v) is 5.54. The highest BCUT2D eigenvalue weighted by Crippen LogP contribution is 2.31. The molecule has 1 aliphatic rings. The second kappa shape index (κ2) is 4.20. The molecule has 16 heavy (non-hydrogen) atoms. The van der Waals surface area contributed by atoms with E-state index in [1.54, 1.807) is 0 Å². The van der Waals surface area contributed by atoms with Crippen molar-refractivity contribution < 1.29 is 0 Å². The molecule has 0 aliphatic heterocycles. The van der Waals surface area contributed by atoms with Crippen LogP contribution in [0.2, 0.25) is 0 Å². The Balaban J connectivity index is 1.88. The Bertz CT molecular complexity index is 500. The summed E-state index contributed by atoms with van der Waals surface area (Å²) in [7, 11) is 0. The van der Waals surface area contributed by atoms with E-state index in [-0.39, 0.29) is 0 Å². The molecule has 0 unspecified atom stereocenters. The average molecular weight is 324 g/mol. The smallest absolute Gasteiger partial charge is 0.0568 e. The Kier molecular flexibility index (Phi) is 2.71. The zero-order valence-corrected chi connectivity index (χ0v) is 11.1. The fraction of sp³-hybridized carbons (Fsp3) is 0.308. The van der Waals surface area contributed by atoms with Gasteiger partial charge in [0.15, 0.2) is 0 Å². The van der Waals surface area contributed by atoms with Crippen molar-refractivity contribution in [3.05, 3.63) is 40.2 Å². The molecule has 2 nitrogen and oxygen atoms in total. The van der Waals surface area contributed by atoms with Gasteiger partial charge in [0, 0.05) is 21.9 Å². The van der Waals surface area contributed by atoms with Crippen LogP contribution in [-0.4, -0.2) is 9.78 Å². The third-order valence-electron chi connectivity index (χ3n) is 2.96. The van der Waals surface area contributed by atoms with Gasteiger partial charge >= 0.3 is 0 Å². The molecule has 0 bridgehead atoms. The van der Waals surface area contributed by atoms with Crippen LogP contribution in [0.1, 0.15) is 12.8 Å². The molecule has 3 heteroatoms. The van der Waals surface area contributed by atoms with Crippen molar-refractivity contribution in [3.63, 3.8) is 0 Å². The van der Waals surface area contributed by atoms with Crippen LogP contribution in [0, 0.1) is 9.49 Å². The van der Waals surface area contributed by atoms with Gasteiger partial charge in [0.1, 0.15) is 0 Å². The molecule has 0 spiro atoms. The highest BCUT2D eigenvalue weighted by atomic mass is 127. The Hall–Kier alpha value is -0.840. The van der Waals surface area contributed by atoms with Crippen LogP contribution < -0.4 is 0 Å². The van der Waals surface area contributed by atoms with E-state index >= 15 is 0 Å². The van der Waals surface area contributed by atoms with Crippen molar-refractivity contribution >= 4 is 22.6 Å². The molecule has 1 fully saturated rings. The monoisotopic (exact) mass is 324 g/mol. The van der Waals surface area contributed by atoms with Gasteiger partial charge in [0.2, 0.25) is 0 Å². The average Bonchev–Trinajstić information content (AvgIpc) is 2.97. The quantitative estimate of drug-likeness (QED) is 0.790. The van der Waals surface area contributed by atoms with Gasteiger partial charge in [-0.05, 0) is 53.0 Å². The van der Waals surface area contributed by atoms with Crippen molar-refractivity contribution in [1.29, 1.82) is 0 Å². The molecule has 0 N–H and O–H groups in total. The van der Waals surface area contributed by atoms with Crippen LogP contribution in [-0.2, 0) is 6.54 Å². The van der Waals surface area contributed by atoms with E-state index in [9.17, 15) is 0 Å².